The number of fused-ring (bicyclic) bond motifs is 2. The second-order valence-corrected chi connectivity index (χ2v) is 6.05. The largest absolute Gasteiger partial charge is 0.311 e. The van der Waals surface area contributed by atoms with E-state index in [1.165, 1.54) is 64.2 Å². The highest BCUT2D eigenvalue weighted by atomic mass is 15.0. The van der Waals surface area contributed by atoms with E-state index in [-0.39, 0.29) is 0 Å². The smallest absolute Gasteiger partial charge is 0.00980 e. The Balaban J connectivity index is 1.70. The van der Waals surface area contributed by atoms with E-state index in [2.05, 4.69) is 5.32 Å². The Kier molecular flexibility index (Phi) is 3.01. The SMILES string of the molecule is C1CCC2NC3CCCCC3CCC2C1. The Morgan fingerprint density at radius 3 is 1.53 bits per heavy atom. The summed E-state index contributed by atoms with van der Waals surface area (Å²) >= 11 is 0. The topological polar surface area (TPSA) is 12.0 Å². The quantitative estimate of drug-likeness (QED) is 0.641. The summed E-state index contributed by atoms with van der Waals surface area (Å²) in [5.41, 5.74) is 0. The van der Waals surface area contributed by atoms with Crippen LogP contribution in [0, 0.1) is 11.8 Å². The molecule has 0 bridgehead atoms. The highest BCUT2D eigenvalue weighted by molar-refractivity contribution is 4.92. The van der Waals surface area contributed by atoms with E-state index in [1.54, 1.807) is 0 Å². The van der Waals surface area contributed by atoms with Gasteiger partial charge in [-0.2, -0.15) is 0 Å². The van der Waals surface area contributed by atoms with Crippen LogP contribution in [-0.2, 0) is 0 Å². The van der Waals surface area contributed by atoms with Crippen molar-refractivity contribution < 1.29 is 0 Å². The Hall–Kier alpha value is -0.0400. The first-order chi connectivity index (χ1) is 7.43. The van der Waals surface area contributed by atoms with Gasteiger partial charge < -0.3 is 5.32 Å². The predicted octanol–water partition coefficient (Wildman–Crippen LogP) is 3.49. The highest BCUT2D eigenvalue weighted by Crippen LogP contribution is 2.37. The Labute approximate surface area is 94.0 Å². The number of hydrogen-bond donors (Lipinski definition) is 1. The van der Waals surface area contributed by atoms with Gasteiger partial charge in [0.25, 0.3) is 0 Å². The first kappa shape index (κ1) is 10.1. The Morgan fingerprint density at radius 2 is 1.00 bits per heavy atom. The second kappa shape index (κ2) is 4.45. The molecule has 3 rings (SSSR count). The minimum atomic E-state index is 0.895. The average molecular weight is 207 g/mol. The molecule has 4 atom stereocenters. The summed E-state index contributed by atoms with van der Waals surface area (Å²) in [5, 5.41) is 4.02. The van der Waals surface area contributed by atoms with Gasteiger partial charge in [0.05, 0.1) is 0 Å². The van der Waals surface area contributed by atoms with E-state index >= 15 is 0 Å². The normalized spacial score (nSPS) is 46.4. The monoisotopic (exact) mass is 207 g/mol. The number of rotatable bonds is 0. The van der Waals surface area contributed by atoms with E-state index in [4.69, 9.17) is 0 Å². The van der Waals surface area contributed by atoms with E-state index in [9.17, 15) is 0 Å². The summed E-state index contributed by atoms with van der Waals surface area (Å²) in [7, 11) is 0. The molecule has 2 saturated carbocycles. The lowest BCUT2D eigenvalue weighted by Gasteiger charge is -2.35. The van der Waals surface area contributed by atoms with Gasteiger partial charge in [-0.05, 0) is 50.4 Å². The summed E-state index contributed by atoms with van der Waals surface area (Å²) in [4.78, 5) is 0. The van der Waals surface area contributed by atoms with Gasteiger partial charge in [-0.3, -0.25) is 0 Å². The first-order valence-corrected chi connectivity index (χ1v) is 7.19. The molecule has 1 heterocycles. The van der Waals surface area contributed by atoms with Crippen LogP contribution in [0.2, 0.25) is 0 Å². The molecule has 0 aromatic heterocycles. The lowest BCUT2D eigenvalue weighted by atomic mass is 9.80. The van der Waals surface area contributed by atoms with Crippen molar-refractivity contribution in [3.8, 4) is 0 Å². The fourth-order valence-corrected chi connectivity index (χ4v) is 4.25. The predicted molar refractivity (Wildman–Crippen MR) is 63.9 cm³/mol. The van der Waals surface area contributed by atoms with Gasteiger partial charge in [-0.1, -0.05) is 25.7 Å². The molecule has 3 fully saturated rings. The van der Waals surface area contributed by atoms with Crippen LogP contribution in [0.1, 0.15) is 64.2 Å². The van der Waals surface area contributed by atoms with Crippen LogP contribution in [-0.4, -0.2) is 12.1 Å². The third-order valence-electron chi connectivity index (χ3n) is 5.15. The minimum Gasteiger partial charge on any atom is -0.311 e. The zero-order valence-corrected chi connectivity index (χ0v) is 9.88. The lowest BCUT2D eigenvalue weighted by molar-refractivity contribution is 0.227. The van der Waals surface area contributed by atoms with Crippen molar-refractivity contribution in [2.75, 3.05) is 0 Å². The van der Waals surface area contributed by atoms with Crippen LogP contribution < -0.4 is 5.32 Å². The van der Waals surface area contributed by atoms with E-state index in [0.717, 1.165) is 23.9 Å². The molecule has 0 radical (unpaired) electrons. The van der Waals surface area contributed by atoms with Gasteiger partial charge in [-0.15, -0.1) is 0 Å². The highest BCUT2D eigenvalue weighted by Gasteiger charge is 2.35. The summed E-state index contributed by atoms with van der Waals surface area (Å²) < 4.78 is 0. The number of hydrogen-bond acceptors (Lipinski definition) is 1. The zero-order chi connectivity index (χ0) is 10.1. The Morgan fingerprint density at radius 1 is 0.533 bits per heavy atom. The molecule has 86 valence electrons. The van der Waals surface area contributed by atoms with Crippen LogP contribution in [0.3, 0.4) is 0 Å². The van der Waals surface area contributed by atoms with Crippen LogP contribution >= 0.6 is 0 Å². The van der Waals surface area contributed by atoms with E-state index in [1.807, 2.05) is 0 Å². The van der Waals surface area contributed by atoms with Crippen molar-refractivity contribution in [3.05, 3.63) is 0 Å². The molecule has 1 aliphatic heterocycles. The molecule has 0 aromatic rings. The molecule has 0 spiro atoms. The van der Waals surface area contributed by atoms with Gasteiger partial charge in [0.1, 0.15) is 0 Å². The molecular formula is C14H25N. The summed E-state index contributed by atoms with van der Waals surface area (Å²) in [5.74, 6) is 2.06. The van der Waals surface area contributed by atoms with Gasteiger partial charge in [-0.25, -0.2) is 0 Å². The maximum atomic E-state index is 4.02. The van der Waals surface area contributed by atoms with Crippen LogP contribution in [0.4, 0.5) is 0 Å². The van der Waals surface area contributed by atoms with Crippen molar-refractivity contribution >= 4 is 0 Å². The molecule has 1 heteroatoms. The zero-order valence-electron chi connectivity index (χ0n) is 9.88. The second-order valence-electron chi connectivity index (χ2n) is 6.05. The van der Waals surface area contributed by atoms with Crippen molar-refractivity contribution in [2.45, 2.75) is 76.3 Å². The molecule has 0 aromatic carbocycles. The molecule has 3 aliphatic rings. The summed E-state index contributed by atoms with van der Waals surface area (Å²) in [6, 6.07) is 1.79. The lowest BCUT2D eigenvalue weighted by Crippen LogP contribution is -2.45. The van der Waals surface area contributed by atoms with Crippen molar-refractivity contribution in [3.63, 3.8) is 0 Å². The molecule has 15 heavy (non-hydrogen) atoms. The Bertz CT molecular complexity index is 191. The molecule has 1 saturated heterocycles. The fourth-order valence-electron chi connectivity index (χ4n) is 4.25. The maximum absolute atomic E-state index is 4.02. The fraction of sp³-hybridized carbons (Fsp3) is 1.00. The van der Waals surface area contributed by atoms with Gasteiger partial charge in [0.15, 0.2) is 0 Å². The van der Waals surface area contributed by atoms with Crippen LogP contribution in [0.15, 0.2) is 0 Å². The summed E-state index contributed by atoms with van der Waals surface area (Å²) in [6.45, 7) is 0. The van der Waals surface area contributed by atoms with Gasteiger partial charge >= 0.3 is 0 Å². The molecule has 0 amide bonds. The van der Waals surface area contributed by atoms with Gasteiger partial charge in [0.2, 0.25) is 0 Å². The maximum Gasteiger partial charge on any atom is 0.00980 e. The third-order valence-corrected chi connectivity index (χ3v) is 5.15. The van der Waals surface area contributed by atoms with E-state index in [0.29, 0.717) is 0 Å². The van der Waals surface area contributed by atoms with Crippen molar-refractivity contribution in [1.82, 2.24) is 5.32 Å². The van der Waals surface area contributed by atoms with Gasteiger partial charge in [0, 0.05) is 12.1 Å². The van der Waals surface area contributed by atoms with Crippen molar-refractivity contribution in [1.29, 1.82) is 0 Å². The molecule has 1 N–H and O–H groups in total. The standard InChI is InChI=1S/C14H25N/c1-3-7-13-11(5-1)9-10-12-6-2-4-8-14(12)15-13/h11-15H,1-10H2. The molecule has 4 unspecified atom stereocenters. The van der Waals surface area contributed by atoms with Crippen molar-refractivity contribution in [2.24, 2.45) is 11.8 Å². The van der Waals surface area contributed by atoms with Crippen LogP contribution in [0.5, 0.6) is 0 Å². The minimum absolute atomic E-state index is 0.895. The first-order valence-electron chi connectivity index (χ1n) is 7.19. The molecule has 1 nitrogen and oxygen atoms in total. The van der Waals surface area contributed by atoms with E-state index < -0.39 is 0 Å². The van der Waals surface area contributed by atoms with Crippen LogP contribution in [0.25, 0.3) is 0 Å². The molecular weight excluding hydrogens is 182 g/mol. The number of nitrogens with one attached hydrogen (secondary N) is 1. The third kappa shape index (κ3) is 2.08. The molecule has 2 aliphatic carbocycles. The summed E-state index contributed by atoms with van der Waals surface area (Å²) in [6.07, 6.45) is 15.0. The average Bonchev–Trinajstić information content (AvgIpc) is 2.48.